The maximum atomic E-state index is 12.2. The van der Waals surface area contributed by atoms with Gasteiger partial charge in [0.1, 0.15) is 0 Å². The van der Waals surface area contributed by atoms with Gasteiger partial charge in [0.2, 0.25) is 5.91 Å². The molecule has 2 heterocycles. The molecule has 3 rings (SSSR count). The number of anilines is 1. The van der Waals surface area contributed by atoms with Crippen LogP contribution in [0.4, 0.5) is 5.69 Å². The first kappa shape index (κ1) is 13.6. The number of nitrogens with zero attached hydrogens (tertiary/aromatic N) is 1. The first-order valence-corrected chi connectivity index (χ1v) is 7.47. The van der Waals surface area contributed by atoms with E-state index in [1.807, 2.05) is 23.1 Å². The molecule has 1 unspecified atom stereocenters. The van der Waals surface area contributed by atoms with Crippen LogP contribution in [0.5, 0.6) is 0 Å². The van der Waals surface area contributed by atoms with Crippen molar-refractivity contribution in [2.45, 2.75) is 32.3 Å². The molecule has 2 aliphatic heterocycles. The summed E-state index contributed by atoms with van der Waals surface area (Å²) in [6.45, 7) is 4.70. The van der Waals surface area contributed by atoms with Crippen molar-refractivity contribution < 1.29 is 9.90 Å². The highest BCUT2D eigenvalue weighted by molar-refractivity contribution is 6.01. The molecule has 1 saturated heterocycles. The third-order valence-electron chi connectivity index (χ3n) is 4.42. The largest absolute Gasteiger partial charge is 0.389 e. The molecule has 1 amide bonds. The lowest BCUT2D eigenvalue weighted by atomic mass is 9.97. The first-order valence-electron chi connectivity index (χ1n) is 7.47. The number of hydrogen-bond acceptors (Lipinski definition) is 3. The van der Waals surface area contributed by atoms with E-state index in [1.165, 1.54) is 0 Å². The number of carbonyl (C=O) groups excluding carboxylic acids is 1. The van der Waals surface area contributed by atoms with Crippen molar-refractivity contribution in [3.05, 3.63) is 29.3 Å². The highest BCUT2D eigenvalue weighted by atomic mass is 16.3. The number of rotatable bonds is 3. The van der Waals surface area contributed by atoms with E-state index in [9.17, 15) is 9.90 Å². The van der Waals surface area contributed by atoms with E-state index >= 15 is 0 Å². The highest BCUT2D eigenvalue weighted by Crippen LogP contribution is 2.32. The number of hydrogen-bond donors (Lipinski definition) is 2. The van der Waals surface area contributed by atoms with Gasteiger partial charge in [0, 0.05) is 12.2 Å². The molecule has 0 bridgehead atoms. The summed E-state index contributed by atoms with van der Waals surface area (Å²) < 4.78 is 0. The van der Waals surface area contributed by atoms with Gasteiger partial charge in [0.05, 0.1) is 12.5 Å². The molecule has 2 N–H and O–H groups in total. The molecule has 1 fully saturated rings. The van der Waals surface area contributed by atoms with Gasteiger partial charge in [0.15, 0.2) is 0 Å². The van der Waals surface area contributed by atoms with Crippen molar-refractivity contribution in [1.29, 1.82) is 0 Å². The number of aliphatic hydroxyl groups excluding tert-OH is 1. The minimum atomic E-state index is -0.478. The van der Waals surface area contributed by atoms with E-state index in [2.05, 4.69) is 5.32 Å². The van der Waals surface area contributed by atoms with Crippen molar-refractivity contribution in [3.63, 3.8) is 0 Å². The summed E-state index contributed by atoms with van der Waals surface area (Å²) in [5.74, 6) is 0.795. The third kappa shape index (κ3) is 2.58. The Morgan fingerprint density at radius 1 is 1.40 bits per heavy atom. The second kappa shape index (κ2) is 5.54. The topological polar surface area (TPSA) is 52.6 Å². The Hall–Kier alpha value is -1.39. The molecule has 20 heavy (non-hydrogen) atoms. The first-order chi connectivity index (χ1) is 9.65. The van der Waals surface area contributed by atoms with Crippen LogP contribution in [0.3, 0.4) is 0 Å². The van der Waals surface area contributed by atoms with Crippen molar-refractivity contribution in [3.8, 4) is 0 Å². The van der Waals surface area contributed by atoms with Crippen molar-refractivity contribution in [1.82, 2.24) is 5.32 Å². The molecule has 0 aliphatic carbocycles. The maximum absolute atomic E-state index is 12.2. The number of benzene rings is 1. The summed E-state index contributed by atoms with van der Waals surface area (Å²) in [5.41, 5.74) is 2.99. The second-order valence-corrected chi connectivity index (χ2v) is 5.94. The fourth-order valence-corrected chi connectivity index (χ4v) is 3.19. The molecule has 0 spiro atoms. The van der Waals surface area contributed by atoms with E-state index < -0.39 is 6.10 Å². The summed E-state index contributed by atoms with van der Waals surface area (Å²) in [7, 11) is 0. The Morgan fingerprint density at radius 2 is 2.15 bits per heavy atom. The molecule has 4 heteroatoms. The lowest BCUT2D eigenvalue weighted by Gasteiger charge is -2.28. The van der Waals surface area contributed by atoms with Crippen LogP contribution in [0.25, 0.3) is 0 Å². The normalized spacial score (nSPS) is 21.1. The number of fused-ring (bicyclic) bond motifs is 1. The molecule has 0 radical (unpaired) electrons. The van der Waals surface area contributed by atoms with Crippen LogP contribution < -0.4 is 10.2 Å². The molecule has 108 valence electrons. The summed E-state index contributed by atoms with van der Waals surface area (Å²) in [6.07, 6.45) is 2.28. The van der Waals surface area contributed by atoms with E-state index in [0.29, 0.717) is 12.3 Å². The van der Waals surface area contributed by atoms with Gasteiger partial charge in [-0.25, -0.2) is 0 Å². The summed E-state index contributed by atoms with van der Waals surface area (Å²) in [5, 5.41) is 13.0. The lowest BCUT2D eigenvalue weighted by molar-refractivity contribution is -0.117. The van der Waals surface area contributed by atoms with Crippen LogP contribution in [0.15, 0.2) is 18.2 Å². The summed E-state index contributed by atoms with van der Waals surface area (Å²) >= 11 is 0. The average molecular weight is 274 g/mol. The van der Waals surface area contributed by atoms with Crippen LogP contribution in [0.1, 0.15) is 37.0 Å². The van der Waals surface area contributed by atoms with Gasteiger partial charge in [-0.15, -0.1) is 0 Å². The molecular formula is C16H22N2O2. The van der Waals surface area contributed by atoms with Gasteiger partial charge in [-0.1, -0.05) is 12.1 Å². The molecule has 1 atom stereocenters. The van der Waals surface area contributed by atoms with Gasteiger partial charge < -0.3 is 15.3 Å². The van der Waals surface area contributed by atoms with Gasteiger partial charge in [-0.05, 0) is 56.0 Å². The van der Waals surface area contributed by atoms with Crippen molar-refractivity contribution in [2.24, 2.45) is 5.92 Å². The van der Waals surface area contributed by atoms with Crippen molar-refractivity contribution >= 4 is 11.6 Å². The number of nitrogens with one attached hydrogen (secondary N) is 1. The summed E-state index contributed by atoms with van der Waals surface area (Å²) in [6, 6.07) is 5.89. The van der Waals surface area contributed by atoms with Crippen LogP contribution >= 0.6 is 0 Å². The Labute approximate surface area is 119 Å². The van der Waals surface area contributed by atoms with Crippen molar-refractivity contribution in [2.75, 3.05) is 24.5 Å². The molecule has 0 saturated carbocycles. The standard InChI is InChI=1S/C16H22N2O2/c1-11(19)13-2-3-15-14(8-13)9-16(20)18(15)10-12-4-6-17-7-5-12/h2-3,8,11-12,17,19H,4-7,9-10H2,1H3. The van der Waals surface area contributed by atoms with Gasteiger partial charge in [0.25, 0.3) is 0 Å². The number of aliphatic hydroxyl groups is 1. The number of piperidine rings is 1. The zero-order chi connectivity index (χ0) is 14.1. The highest BCUT2D eigenvalue weighted by Gasteiger charge is 2.29. The Balaban J connectivity index is 1.79. The zero-order valence-electron chi connectivity index (χ0n) is 11.9. The van der Waals surface area contributed by atoms with Crippen LogP contribution in [-0.2, 0) is 11.2 Å². The lowest BCUT2D eigenvalue weighted by Crippen LogP contribution is -2.37. The quantitative estimate of drug-likeness (QED) is 0.881. The monoisotopic (exact) mass is 274 g/mol. The van der Waals surface area contributed by atoms with E-state index in [0.717, 1.165) is 49.3 Å². The SMILES string of the molecule is CC(O)c1ccc2c(c1)CC(=O)N2CC1CCNCC1. The van der Waals surface area contributed by atoms with Crippen LogP contribution in [-0.4, -0.2) is 30.6 Å². The fraction of sp³-hybridized carbons (Fsp3) is 0.562. The molecule has 0 aromatic heterocycles. The molecule has 2 aliphatic rings. The fourth-order valence-electron chi connectivity index (χ4n) is 3.19. The summed E-state index contributed by atoms with van der Waals surface area (Å²) in [4.78, 5) is 14.2. The van der Waals surface area contributed by atoms with E-state index in [1.54, 1.807) is 6.92 Å². The number of amides is 1. The average Bonchev–Trinajstić information content (AvgIpc) is 2.75. The van der Waals surface area contributed by atoms with E-state index in [4.69, 9.17) is 0 Å². The van der Waals surface area contributed by atoms with Gasteiger partial charge in [-0.3, -0.25) is 4.79 Å². The third-order valence-corrected chi connectivity index (χ3v) is 4.42. The maximum Gasteiger partial charge on any atom is 0.231 e. The zero-order valence-corrected chi connectivity index (χ0v) is 11.9. The predicted octanol–water partition coefficient (Wildman–Crippen LogP) is 1.63. The molecule has 1 aromatic rings. The van der Waals surface area contributed by atoms with Crippen LogP contribution in [0.2, 0.25) is 0 Å². The molecule has 4 nitrogen and oxygen atoms in total. The Morgan fingerprint density at radius 3 is 2.85 bits per heavy atom. The minimum Gasteiger partial charge on any atom is -0.389 e. The molecular weight excluding hydrogens is 252 g/mol. The van der Waals surface area contributed by atoms with Crippen LogP contribution in [0, 0.1) is 5.92 Å². The smallest absolute Gasteiger partial charge is 0.231 e. The Bertz CT molecular complexity index is 507. The predicted molar refractivity (Wildman–Crippen MR) is 78.7 cm³/mol. The minimum absolute atomic E-state index is 0.196. The number of carbonyl (C=O) groups is 1. The van der Waals surface area contributed by atoms with Gasteiger partial charge in [-0.2, -0.15) is 0 Å². The van der Waals surface area contributed by atoms with E-state index in [-0.39, 0.29) is 5.91 Å². The van der Waals surface area contributed by atoms with Gasteiger partial charge >= 0.3 is 0 Å². The second-order valence-electron chi connectivity index (χ2n) is 5.94. The Kier molecular flexibility index (Phi) is 3.76. The molecule has 1 aromatic carbocycles.